The lowest BCUT2D eigenvalue weighted by atomic mass is 9.87. The first-order valence-corrected chi connectivity index (χ1v) is 16.9. The van der Waals surface area contributed by atoms with E-state index in [1.54, 1.807) is 0 Å². The molecule has 9 aromatic carbocycles. The molecule has 0 atom stereocenters. The maximum absolute atomic E-state index is 2.49. The number of fused-ring (bicyclic) bond motifs is 6. The van der Waals surface area contributed by atoms with Crippen LogP contribution in [0.15, 0.2) is 158 Å². The standard InChI is InChI=1S/C46H30N2/c1-5-19-39-29(11-1)27-30-12-2-6-20-40(30)47(39)43-25-23-35-34-16-10-18-38-44(26-24-36(46(34)38)33-15-9-17-37(43)45(33)35)48-41-21-7-3-13-31(41)28-32-14-4-8-22-42(32)48/h1-26H,27-28H2. The largest absolute Gasteiger partial charge is 0.309 e. The minimum atomic E-state index is 0.952. The van der Waals surface area contributed by atoms with Gasteiger partial charge in [-0.2, -0.15) is 0 Å². The van der Waals surface area contributed by atoms with Crippen molar-refractivity contribution in [2.75, 3.05) is 9.80 Å². The molecular weight excluding hydrogens is 581 g/mol. The van der Waals surface area contributed by atoms with Crippen molar-refractivity contribution in [1.29, 1.82) is 0 Å². The molecule has 2 nitrogen and oxygen atoms in total. The van der Waals surface area contributed by atoms with Gasteiger partial charge in [-0.3, -0.25) is 0 Å². The number of benzene rings is 9. The Morgan fingerprint density at radius 1 is 0.250 bits per heavy atom. The van der Waals surface area contributed by atoms with E-state index >= 15 is 0 Å². The molecule has 48 heavy (non-hydrogen) atoms. The molecule has 0 radical (unpaired) electrons. The lowest BCUT2D eigenvalue weighted by molar-refractivity contribution is 1.09. The third-order valence-corrected chi connectivity index (χ3v) is 10.8. The van der Waals surface area contributed by atoms with Gasteiger partial charge in [0, 0.05) is 46.4 Å². The van der Waals surface area contributed by atoms with Crippen LogP contribution >= 0.6 is 0 Å². The average molecular weight is 611 g/mol. The Hall–Kier alpha value is -6.12. The lowest BCUT2D eigenvalue weighted by Gasteiger charge is -2.35. The fraction of sp³-hybridized carbons (Fsp3) is 0.0435. The summed E-state index contributed by atoms with van der Waals surface area (Å²) in [6.45, 7) is 0. The molecule has 0 spiro atoms. The summed E-state index contributed by atoms with van der Waals surface area (Å²) in [6, 6.07) is 58.7. The van der Waals surface area contributed by atoms with E-state index in [1.165, 1.54) is 99.5 Å². The van der Waals surface area contributed by atoms with Gasteiger partial charge >= 0.3 is 0 Å². The normalized spacial score (nSPS) is 13.6. The van der Waals surface area contributed by atoms with Crippen LogP contribution < -0.4 is 9.80 Å². The summed E-state index contributed by atoms with van der Waals surface area (Å²) in [5.41, 5.74) is 13.0. The van der Waals surface area contributed by atoms with Gasteiger partial charge in [-0.1, -0.05) is 121 Å². The van der Waals surface area contributed by atoms with E-state index in [1.807, 2.05) is 0 Å². The predicted octanol–water partition coefficient (Wildman–Crippen LogP) is 12.5. The quantitative estimate of drug-likeness (QED) is 0.142. The molecule has 224 valence electrons. The molecule has 2 heteroatoms. The zero-order chi connectivity index (χ0) is 31.3. The zero-order valence-corrected chi connectivity index (χ0v) is 26.3. The SMILES string of the molecule is c1ccc2c(c1)Cc1ccccc1N2c1ccc2c3cccc4c(N5c6ccccc6Cc6ccccc65)ccc(c5cccc1c52)c43. The highest BCUT2D eigenvalue weighted by Gasteiger charge is 2.28. The lowest BCUT2D eigenvalue weighted by Crippen LogP contribution is -2.18. The topological polar surface area (TPSA) is 6.48 Å². The predicted molar refractivity (Wildman–Crippen MR) is 203 cm³/mol. The third-order valence-electron chi connectivity index (χ3n) is 10.8. The van der Waals surface area contributed by atoms with Crippen molar-refractivity contribution >= 4 is 77.2 Å². The van der Waals surface area contributed by atoms with Crippen LogP contribution in [0.2, 0.25) is 0 Å². The summed E-state index contributed by atoms with van der Waals surface area (Å²) in [6.07, 6.45) is 1.90. The zero-order valence-electron chi connectivity index (χ0n) is 26.3. The third kappa shape index (κ3) is 3.47. The second-order valence-corrected chi connectivity index (χ2v) is 13.3. The molecule has 0 fully saturated rings. The van der Waals surface area contributed by atoms with Gasteiger partial charge in [0.15, 0.2) is 0 Å². The number of nitrogens with zero attached hydrogens (tertiary/aromatic N) is 2. The van der Waals surface area contributed by atoms with Crippen LogP contribution in [-0.2, 0) is 12.8 Å². The van der Waals surface area contributed by atoms with Gasteiger partial charge < -0.3 is 9.80 Å². The molecule has 11 rings (SSSR count). The Kier molecular flexibility index (Phi) is 5.25. The highest BCUT2D eigenvalue weighted by atomic mass is 15.2. The molecule has 0 saturated carbocycles. The first-order chi connectivity index (χ1) is 23.8. The maximum Gasteiger partial charge on any atom is 0.0540 e. The van der Waals surface area contributed by atoms with E-state index in [9.17, 15) is 0 Å². The Balaban J connectivity index is 1.20. The van der Waals surface area contributed by atoms with Gasteiger partial charge in [0.2, 0.25) is 0 Å². The molecule has 2 heterocycles. The number of para-hydroxylation sites is 4. The van der Waals surface area contributed by atoms with Gasteiger partial charge in [-0.15, -0.1) is 0 Å². The number of anilines is 6. The van der Waals surface area contributed by atoms with Gasteiger partial charge in [-0.25, -0.2) is 0 Å². The van der Waals surface area contributed by atoms with Crippen LogP contribution in [0.5, 0.6) is 0 Å². The molecule has 0 aromatic heterocycles. The van der Waals surface area contributed by atoms with Crippen molar-refractivity contribution in [3.05, 3.63) is 180 Å². The van der Waals surface area contributed by atoms with E-state index in [0.717, 1.165) is 12.8 Å². The van der Waals surface area contributed by atoms with Gasteiger partial charge in [-0.05, 0) is 91.0 Å². The maximum atomic E-state index is 2.49. The number of rotatable bonds is 2. The monoisotopic (exact) mass is 610 g/mol. The molecule has 0 saturated heterocycles. The summed E-state index contributed by atoms with van der Waals surface area (Å²) in [7, 11) is 0. The van der Waals surface area contributed by atoms with Crippen molar-refractivity contribution in [3.63, 3.8) is 0 Å². The molecule has 0 amide bonds. The van der Waals surface area contributed by atoms with Crippen molar-refractivity contribution < 1.29 is 0 Å². The fourth-order valence-electron chi connectivity index (χ4n) is 8.77. The van der Waals surface area contributed by atoms with Crippen molar-refractivity contribution in [3.8, 4) is 0 Å². The Morgan fingerprint density at radius 2 is 0.562 bits per heavy atom. The van der Waals surface area contributed by atoms with Crippen LogP contribution in [0.1, 0.15) is 22.3 Å². The number of hydrogen-bond acceptors (Lipinski definition) is 2. The van der Waals surface area contributed by atoms with Crippen LogP contribution in [0, 0.1) is 0 Å². The second-order valence-electron chi connectivity index (χ2n) is 13.3. The average Bonchev–Trinajstić information content (AvgIpc) is 3.15. The van der Waals surface area contributed by atoms with Gasteiger partial charge in [0.1, 0.15) is 0 Å². The summed E-state index contributed by atoms with van der Waals surface area (Å²) in [4.78, 5) is 4.98. The Morgan fingerprint density at radius 3 is 0.938 bits per heavy atom. The van der Waals surface area contributed by atoms with Gasteiger partial charge in [0.05, 0.1) is 11.4 Å². The molecule has 0 N–H and O–H groups in total. The van der Waals surface area contributed by atoms with Crippen molar-refractivity contribution in [2.45, 2.75) is 12.8 Å². The van der Waals surface area contributed by atoms with Gasteiger partial charge in [0.25, 0.3) is 0 Å². The van der Waals surface area contributed by atoms with E-state index < -0.39 is 0 Å². The summed E-state index contributed by atoms with van der Waals surface area (Å²) < 4.78 is 0. The molecule has 0 unspecified atom stereocenters. The van der Waals surface area contributed by atoms with Crippen molar-refractivity contribution in [1.82, 2.24) is 0 Å². The molecule has 2 aliphatic heterocycles. The van der Waals surface area contributed by atoms with Crippen LogP contribution in [-0.4, -0.2) is 0 Å². The number of hydrogen-bond donors (Lipinski definition) is 0. The minimum Gasteiger partial charge on any atom is -0.309 e. The van der Waals surface area contributed by atoms with Crippen LogP contribution in [0.3, 0.4) is 0 Å². The smallest absolute Gasteiger partial charge is 0.0540 e. The fourth-order valence-corrected chi connectivity index (χ4v) is 8.77. The second kappa shape index (κ2) is 9.70. The molecule has 2 aliphatic rings. The van der Waals surface area contributed by atoms with Crippen LogP contribution in [0.25, 0.3) is 43.1 Å². The first kappa shape index (κ1) is 26.0. The molecule has 9 aromatic rings. The summed E-state index contributed by atoms with van der Waals surface area (Å²) in [5, 5.41) is 10.4. The molecule has 0 bridgehead atoms. The van der Waals surface area contributed by atoms with E-state index in [-0.39, 0.29) is 0 Å². The van der Waals surface area contributed by atoms with E-state index in [4.69, 9.17) is 0 Å². The van der Waals surface area contributed by atoms with E-state index in [0.29, 0.717) is 0 Å². The highest BCUT2D eigenvalue weighted by Crippen LogP contribution is 2.51. The van der Waals surface area contributed by atoms with E-state index in [2.05, 4.69) is 168 Å². The Labute approximate surface area is 279 Å². The summed E-state index contributed by atoms with van der Waals surface area (Å²) >= 11 is 0. The minimum absolute atomic E-state index is 0.952. The van der Waals surface area contributed by atoms with Crippen LogP contribution in [0.4, 0.5) is 34.1 Å². The van der Waals surface area contributed by atoms with Crippen molar-refractivity contribution in [2.24, 2.45) is 0 Å². The molecule has 0 aliphatic carbocycles. The first-order valence-electron chi connectivity index (χ1n) is 16.9. The molecular formula is C46H30N2. The Bertz CT molecular complexity index is 2460. The highest BCUT2D eigenvalue weighted by molar-refractivity contribution is 6.35. The summed E-state index contributed by atoms with van der Waals surface area (Å²) in [5.74, 6) is 0.